The summed E-state index contributed by atoms with van der Waals surface area (Å²) in [5.74, 6) is -1.37. The molecule has 0 aliphatic heterocycles. The number of hydrogen-bond acceptors (Lipinski definition) is 1. The fourth-order valence-corrected chi connectivity index (χ4v) is 2.05. The molecule has 0 radical (unpaired) electrons. The highest BCUT2D eigenvalue weighted by Crippen LogP contribution is 2.11. The smallest absolute Gasteiger partial charge is 0.141 e. The molecule has 1 nitrogen and oxygen atoms in total. The quantitative estimate of drug-likeness (QED) is 0.820. The summed E-state index contributed by atoms with van der Waals surface area (Å²) in [6, 6.07) is 10.8. The summed E-state index contributed by atoms with van der Waals surface area (Å²) in [6.07, 6.45) is 0.322. The normalized spacial score (nSPS) is 10.5. The van der Waals surface area contributed by atoms with Crippen molar-refractivity contribution in [2.45, 2.75) is 19.8 Å². The zero-order valence-corrected chi connectivity index (χ0v) is 10.6. The summed E-state index contributed by atoms with van der Waals surface area (Å²) < 4.78 is 26.0. The molecule has 0 spiro atoms. The number of rotatable bonds is 4. The molecule has 2 aromatic carbocycles. The van der Waals surface area contributed by atoms with Crippen molar-refractivity contribution in [2.75, 3.05) is 0 Å². The monoisotopic (exact) mass is 260 g/mol. The average Bonchev–Trinajstić information content (AvgIpc) is 2.26. The molecular formula is C16H14F2O. The van der Waals surface area contributed by atoms with Gasteiger partial charge in [0, 0.05) is 18.9 Å². The Labute approximate surface area is 110 Å². The summed E-state index contributed by atoms with van der Waals surface area (Å²) in [5.41, 5.74) is 2.37. The molecule has 0 aromatic heterocycles. The van der Waals surface area contributed by atoms with Gasteiger partial charge in [-0.05, 0) is 30.2 Å². The number of Topliss-reactive ketones (excluding diaryl/α,β-unsaturated/α-hetero) is 1. The Bertz CT molecular complexity index is 585. The van der Waals surface area contributed by atoms with Gasteiger partial charge in [0.2, 0.25) is 0 Å². The van der Waals surface area contributed by atoms with Crippen LogP contribution < -0.4 is 0 Å². The van der Waals surface area contributed by atoms with Gasteiger partial charge in [0.15, 0.2) is 0 Å². The van der Waals surface area contributed by atoms with Crippen LogP contribution in [0.4, 0.5) is 8.78 Å². The van der Waals surface area contributed by atoms with E-state index in [1.807, 2.05) is 31.2 Å². The summed E-state index contributed by atoms with van der Waals surface area (Å²) in [6.45, 7) is 1.95. The first-order valence-electron chi connectivity index (χ1n) is 6.05. The zero-order chi connectivity index (χ0) is 13.8. The van der Waals surface area contributed by atoms with E-state index >= 15 is 0 Å². The third-order valence-electron chi connectivity index (χ3n) is 2.81. The second kappa shape index (κ2) is 5.74. The van der Waals surface area contributed by atoms with E-state index in [-0.39, 0.29) is 18.6 Å². The predicted octanol–water partition coefficient (Wildman–Crippen LogP) is 3.63. The van der Waals surface area contributed by atoms with Gasteiger partial charge in [-0.3, -0.25) is 4.79 Å². The minimum atomic E-state index is -0.654. The average molecular weight is 260 g/mol. The topological polar surface area (TPSA) is 17.1 Å². The highest BCUT2D eigenvalue weighted by atomic mass is 19.1. The van der Waals surface area contributed by atoms with Crippen LogP contribution in [0.1, 0.15) is 16.7 Å². The summed E-state index contributed by atoms with van der Waals surface area (Å²) in [5, 5.41) is 0. The maximum atomic E-state index is 13.0. The minimum Gasteiger partial charge on any atom is -0.299 e. The fourth-order valence-electron chi connectivity index (χ4n) is 2.05. The maximum absolute atomic E-state index is 13.0. The molecule has 0 unspecified atom stereocenters. The predicted molar refractivity (Wildman–Crippen MR) is 70.0 cm³/mol. The molecule has 19 heavy (non-hydrogen) atoms. The van der Waals surface area contributed by atoms with Gasteiger partial charge < -0.3 is 0 Å². The third kappa shape index (κ3) is 3.98. The molecule has 0 N–H and O–H groups in total. The van der Waals surface area contributed by atoms with Crippen LogP contribution >= 0.6 is 0 Å². The van der Waals surface area contributed by atoms with Crippen LogP contribution in [0.5, 0.6) is 0 Å². The van der Waals surface area contributed by atoms with E-state index in [2.05, 4.69) is 0 Å². The molecule has 0 aliphatic rings. The largest absolute Gasteiger partial charge is 0.299 e. The van der Waals surface area contributed by atoms with E-state index < -0.39 is 11.6 Å². The first kappa shape index (κ1) is 13.4. The fraction of sp³-hybridized carbons (Fsp3) is 0.188. The molecule has 2 rings (SSSR count). The Morgan fingerprint density at radius 1 is 0.947 bits per heavy atom. The van der Waals surface area contributed by atoms with Gasteiger partial charge in [0.1, 0.15) is 17.4 Å². The van der Waals surface area contributed by atoms with Crippen LogP contribution in [0.15, 0.2) is 42.5 Å². The van der Waals surface area contributed by atoms with Crippen LogP contribution in [0.3, 0.4) is 0 Å². The zero-order valence-electron chi connectivity index (χ0n) is 10.6. The van der Waals surface area contributed by atoms with Crippen LogP contribution in [0.2, 0.25) is 0 Å². The van der Waals surface area contributed by atoms with E-state index in [0.29, 0.717) is 5.56 Å². The Hall–Kier alpha value is -2.03. The SMILES string of the molecule is Cc1cccc(CC(=O)Cc2cc(F)cc(F)c2)c1. The van der Waals surface area contributed by atoms with Gasteiger partial charge in [0.05, 0.1) is 0 Å². The van der Waals surface area contributed by atoms with Crippen molar-refractivity contribution in [1.82, 2.24) is 0 Å². The van der Waals surface area contributed by atoms with E-state index in [1.54, 1.807) is 0 Å². The third-order valence-corrected chi connectivity index (χ3v) is 2.81. The second-order valence-corrected chi connectivity index (χ2v) is 4.66. The lowest BCUT2D eigenvalue weighted by molar-refractivity contribution is -0.117. The molecule has 0 saturated carbocycles. The lowest BCUT2D eigenvalue weighted by Crippen LogP contribution is -2.07. The molecule has 0 heterocycles. The highest BCUT2D eigenvalue weighted by molar-refractivity contribution is 5.83. The molecule has 2 aromatic rings. The van der Waals surface area contributed by atoms with Crippen LogP contribution in [-0.2, 0) is 17.6 Å². The summed E-state index contributed by atoms with van der Waals surface area (Å²) in [4.78, 5) is 11.9. The molecule has 98 valence electrons. The van der Waals surface area contributed by atoms with E-state index in [4.69, 9.17) is 0 Å². The number of benzene rings is 2. The van der Waals surface area contributed by atoms with Crippen molar-refractivity contribution in [1.29, 1.82) is 0 Å². The standard InChI is InChI=1S/C16H14F2O/c1-11-3-2-4-12(5-11)8-16(19)9-13-6-14(17)10-15(18)7-13/h2-7,10H,8-9H2,1H3. The molecule has 0 bridgehead atoms. The Morgan fingerprint density at radius 2 is 1.58 bits per heavy atom. The second-order valence-electron chi connectivity index (χ2n) is 4.66. The number of ketones is 1. The van der Waals surface area contributed by atoms with Crippen molar-refractivity contribution in [3.05, 3.63) is 70.8 Å². The molecule has 0 aliphatic carbocycles. The molecule has 0 atom stereocenters. The van der Waals surface area contributed by atoms with Gasteiger partial charge >= 0.3 is 0 Å². The van der Waals surface area contributed by atoms with Crippen molar-refractivity contribution in [3.63, 3.8) is 0 Å². The van der Waals surface area contributed by atoms with Crippen molar-refractivity contribution in [3.8, 4) is 0 Å². The Balaban J connectivity index is 2.05. The molecule has 0 saturated heterocycles. The summed E-state index contributed by atoms with van der Waals surface area (Å²) in [7, 11) is 0. The maximum Gasteiger partial charge on any atom is 0.141 e. The van der Waals surface area contributed by atoms with Gasteiger partial charge in [-0.25, -0.2) is 8.78 Å². The lowest BCUT2D eigenvalue weighted by atomic mass is 10.0. The number of aryl methyl sites for hydroxylation is 1. The van der Waals surface area contributed by atoms with Gasteiger partial charge in [-0.2, -0.15) is 0 Å². The first-order valence-corrected chi connectivity index (χ1v) is 6.05. The van der Waals surface area contributed by atoms with Crippen LogP contribution in [0, 0.1) is 18.6 Å². The number of carbonyl (C=O) groups excluding carboxylic acids is 1. The molecule has 0 fully saturated rings. The van der Waals surface area contributed by atoms with Crippen molar-refractivity contribution < 1.29 is 13.6 Å². The van der Waals surface area contributed by atoms with E-state index in [9.17, 15) is 13.6 Å². The lowest BCUT2D eigenvalue weighted by Gasteiger charge is -2.03. The highest BCUT2D eigenvalue weighted by Gasteiger charge is 2.08. The van der Waals surface area contributed by atoms with Gasteiger partial charge in [-0.1, -0.05) is 29.8 Å². The van der Waals surface area contributed by atoms with Crippen LogP contribution in [-0.4, -0.2) is 5.78 Å². The number of carbonyl (C=O) groups is 1. The number of halogens is 2. The van der Waals surface area contributed by atoms with Gasteiger partial charge in [-0.15, -0.1) is 0 Å². The Kier molecular flexibility index (Phi) is 4.05. The minimum absolute atomic E-state index is 0.0443. The Morgan fingerprint density at radius 3 is 2.21 bits per heavy atom. The van der Waals surface area contributed by atoms with Crippen molar-refractivity contribution >= 4 is 5.78 Å². The summed E-state index contributed by atoms with van der Waals surface area (Å²) >= 11 is 0. The number of hydrogen-bond donors (Lipinski definition) is 0. The van der Waals surface area contributed by atoms with E-state index in [0.717, 1.165) is 17.2 Å². The first-order chi connectivity index (χ1) is 9.02. The van der Waals surface area contributed by atoms with Crippen molar-refractivity contribution in [2.24, 2.45) is 0 Å². The van der Waals surface area contributed by atoms with Gasteiger partial charge in [0.25, 0.3) is 0 Å². The molecule has 0 amide bonds. The molecular weight excluding hydrogens is 246 g/mol. The van der Waals surface area contributed by atoms with E-state index in [1.165, 1.54) is 12.1 Å². The molecule has 3 heteroatoms. The van der Waals surface area contributed by atoms with Crippen LogP contribution in [0.25, 0.3) is 0 Å².